The van der Waals surface area contributed by atoms with Crippen LogP contribution in [0.15, 0.2) is 24.3 Å². The highest BCUT2D eigenvalue weighted by atomic mass is 16.5. The molecule has 0 saturated carbocycles. The summed E-state index contributed by atoms with van der Waals surface area (Å²) in [5, 5.41) is 0. The standard InChI is InChI=1S/C13H14O3/c1-4-10(2)16-13(14)12-8-6-5-7-11(12)9-15-3/h1,5-8,10H,9H2,2-3H3/t10-/m1/s1. The summed E-state index contributed by atoms with van der Waals surface area (Å²) in [5.74, 6) is 1.92. The Morgan fingerprint density at radius 2 is 2.19 bits per heavy atom. The number of hydrogen-bond donors (Lipinski definition) is 0. The van der Waals surface area contributed by atoms with Gasteiger partial charge in [-0.15, -0.1) is 6.42 Å². The topological polar surface area (TPSA) is 35.5 Å². The predicted molar refractivity (Wildman–Crippen MR) is 60.9 cm³/mol. The third-order valence-corrected chi connectivity index (χ3v) is 2.06. The van der Waals surface area contributed by atoms with Gasteiger partial charge < -0.3 is 9.47 Å². The lowest BCUT2D eigenvalue weighted by atomic mass is 10.1. The van der Waals surface area contributed by atoms with Crippen LogP contribution in [0.5, 0.6) is 0 Å². The molecule has 0 saturated heterocycles. The monoisotopic (exact) mass is 218 g/mol. The highest BCUT2D eigenvalue weighted by molar-refractivity contribution is 5.91. The third-order valence-electron chi connectivity index (χ3n) is 2.06. The number of ether oxygens (including phenoxy) is 2. The Kier molecular flexibility index (Phi) is 4.56. The quantitative estimate of drug-likeness (QED) is 0.573. The molecule has 3 heteroatoms. The lowest BCUT2D eigenvalue weighted by molar-refractivity contribution is 0.0434. The maximum Gasteiger partial charge on any atom is 0.339 e. The lowest BCUT2D eigenvalue weighted by Gasteiger charge is -2.10. The van der Waals surface area contributed by atoms with Crippen LogP contribution in [0.4, 0.5) is 0 Å². The number of carbonyl (C=O) groups is 1. The van der Waals surface area contributed by atoms with Gasteiger partial charge >= 0.3 is 5.97 Å². The van der Waals surface area contributed by atoms with Crippen LogP contribution in [0, 0.1) is 12.3 Å². The highest BCUT2D eigenvalue weighted by Gasteiger charge is 2.13. The van der Waals surface area contributed by atoms with Gasteiger partial charge in [-0.2, -0.15) is 0 Å². The molecule has 0 fully saturated rings. The van der Waals surface area contributed by atoms with Crippen molar-refractivity contribution in [1.29, 1.82) is 0 Å². The van der Waals surface area contributed by atoms with Gasteiger partial charge in [-0.1, -0.05) is 24.1 Å². The van der Waals surface area contributed by atoms with Crippen LogP contribution in [0.2, 0.25) is 0 Å². The van der Waals surface area contributed by atoms with Crippen molar-refractivity contribution in [3.63, 3.8) is 0 Å². The summed E-state index contributed by atoms with van der Waals surface area (Å²) >= 11 is 0. The van der Waals surface area contributed by atoms with Crippen molar-refractivity contribution in [2.45, 2.75) is 19.6 Å². The van der Waals surface area contributed by atoms with Crippen molar-refractivity contribution in [1.82, 2.24) is 0 Å². The Hall–Kier alpha value is -1.79. The smallest absolute Gasteiger partial charge is 0.339 e. The van der Waals surface area contributed by atoms with E-state index < -0.39 is 12.1 Å². The van der Waals surface area contributed by atoms with Crippen molar-refractivity contribution >= 4 is 5.97 Å². The van der Waals surface area contributed by atoms with Crippen molar-refractivity contribution in [3.05, 3.63) is 35.4 Å². The van der Waals surface area contributed by atoms with Gasteiger partial charge in [0.25, 0.3) is 0 Å². The molecule has 1 atom stereocenters. The molecule has 0 radical (unpaired) electrons. The van der Waals surface area contributed by atoms with Crippen molar-refractivity contribution < 1.29 is 14.3 Å². The van der Waals surface area contributed by atoms with E-state index in [9.17, 15) is 4.79 Å². The Balaban J connectivity index is 2.86. The molecule has 0 bridgehead atoms. The minimum atomic E-state index is -0.525. The molecule has 1 rings (SSSR count). The fraction of sp³-hybridized carbons (Fsp3) is 0.308. The first-order chi connectivity index (χ1) is 7.69. The molecule has 0 N–H and O–H groups in total. The SMILES string of the molecule is C#C[C@@H](C)OC(=O)c1ccccc1COC. The number of carbonyl (C=O) groups excluding carboxylic acids is 1. The number of terminal acetylenes is 1. The Labute approximate surface area is 95.4 Å². The van der Waals surface area contributed by atoms with Crippen molar-refractivity contribution in [2.24, 2.45) is 0 Å². The molecular formula is C13H14O3. The zero-order chi connectivity index (χ0) is 12.0. The van der Waals surface area contributed by atoms with Crippen LogP contribution >= 0.6 is 0 Å². The van der Waals surface area contributed by atoms with E-state index >= 15 is 0 Å². The van der Waals surface area contributed by atoms with E-state index in [1.165, 1.54) is 0 Å². The number of rotatable bonds is 4. The van der Waals surface area contributed by atoms with Crippen LogP contribution in [-0.4, -0.2) is 19.2 Å². The Morgan fingerprint density at radius 1 is 1.50 bits per heavy atom. The normalized spacial score (nSPS) is 11.6. The Morgan fingerprint density at radius 3 is 2.81 bits per heavy atom. The molecule has 16 heavy (non-hydrogen) atoms. The average molecular weight is 218 g/mol. The van der Waals surface area contributed by atoms with Gasteiger partial charge in [0.15, 0.2) is 6.10 Å². The van der Waals surface area contributed by atoms with E-state index in [1.54, 1.807) is 26.2 Å². The summed E-state index contributed by atoms with van der Waals surface area (Å²) in [5.41, 5.74) is 1.28. The highest BCUT2D eigenvalue weighted by Crippen LogP contribution is 2.12. The maximum absolute atomic E-state index is 11.7. The zero-order valence-electron chi connectivity index (χ0n) is 9.40. The number of hydrogen-bond acceptors (Lipinski definition) is 3. The van der Waals surface area contributed by atoms with Crippen molar-refractivity contribution in [2.75, 3.05) is 7.11 Å². The maximum atomic E-state index is 11.7. The lowest BCUT2D eigenvalue weighted by Crippen LogP contribution is -2.15. The first-order valence-electron chi connectivity index (χ1n) is 4.93. The van der Waals surface area contributed by atoms with Crippen LogP contribution in [-0.2, 0) is 16.1 Å². The summed E-state index contributed by atoms with van der Waals surface area (Å²) in [6, 6.07) is 7.13. The summed E-state index contributed by atoms with van der Waals surface area (Å²) in [6.45, 7) is 2.02. The molecular weight excluding hydrogens is 204 g/mol. The first-order valence-corrected chi connectivity index (χ1v) is 4.93. The molecule has 0 heterocycles. The fourth-order valence-electron chi connectivity index (χ4n) is 1.26. The second-order valence-electron chi connectivity index (χ2n) is 3.30. The summed E-state index contributed by atoms with van der Waals surface area (Å²) in [6.07, 6.45) is 4.62. The van der Waals surface area contributed by atoms with Gasteiger partial charge in [0.2, 0.25) is 0 Å². The predicted octanol–water partition coefficient (Wildman–Crippen LogP) is 2.01. The van der Waals surface area contributed by atoms with Crippen LogP contribution in [0.3, 0.4) is 0 Å². The number of benzene rings is 1. The van der Waals surface area contributed by atoms with E-state index in [2.05, 4.69) is 5.92 Å². The van der Waals surface area contributed by atoms with Crippen LogP contribution in [0.25, 0.3) is 0 Å². The van der Waals surface area contributed by atoms with Crippen LogP contribution < -0.4 is 0 Å². The van der Waals surface area contributed by atoms with Gasteiger partial charge in [0, 0.05) is 7.11 Å². The molecule has 0 amide bonds. The molecule has 0 aliphatic carbocycles. The minimum Gasteiger partial charge on any atom is -0.446 e. The minimum absolute atomic E-state index is 0.371. The van der Waals surface area contributed by atoms with Gasteiger partial charge in [0.1, 0.15) is 0 Å². The molecule has 1 aromatic rings. The summed E-state index contributed by atoms with van der Waals surface area (Å²) in [4.78, 5) is 11.7. The zero-order valence-corrected chi connectivity index (χ0v) is 9.40. The van der Waals surface area contributed by atoms with E-state index in [0.717, 1.165) is 5.56 Å². The number of esters is 1. The molecule has 84 valence electrons. The Bertz CT molecular complexity index is 404. The molecule has 1 aromatic carbocycles. The second kappa shape index (κ2) is 5.94. The van der Waals surface area contributed by atoms with Gasteiger partial charge in [-0.3, -0.25) is 0 Å². The van der Waals surface area contributed by atoms with E-state index in [-0.39, 0.29) is 0 Å². The molecule has 0 aromatic heterocycles. The van der Waals surface area contributed by atoms with Gasteiger partial charge in [-0.05, 0) is 18.6 Å². The number of methoxy groups -OCH3 is 1. The first kappa shape index (κ1) is 12.3. The fourth-order valence-corrected chi connectivity index (χ4v) is 1.26. The third kappa shape index (κ3) is 3.11. The van der Waals surface area contributed by atoms with Crippen LogP contribution in [0.1, 0.15) is 22.8 Å². The molecule has 3 nitrogen and oxygen atoms in total. The largest absolute Gasteiger partial charge is 0.446 e. The van der Waals surface area contributed by atoms with Crippen molar-refractivity contribution in [3.8, 4) is 12.3 Å². The van der Waals surface area contributed by atoms with E-state index in [4.69, 9.17) is 15.9 Å². The van der Waals surface area contributed by atoms with E-state index in [0.29, 0.717) is 12.2 Å². The summed E-state index contributed by atoms with van der Waals surface area (Å²) in [7, 11) is 1.58. The summed E-state index contributed by atoms with van der Waals surface area (Å²) < 4.78 is 10.0. The molecule has 0 spiro atoms. The van der Waals surface area contributed by atoms with Gasteiger partial charge in [0.05, 0.1) is 12.2 Å². The van der Waals surface area contributed by atoms with E-state index in [1.807, 2.05) is 12.1 Å². The second-order valence-corrected chi connectivity index (χ2v) is 3.30. The molecule has 0 aliphatic heterocycles. The molecule has 0 unspecified atom stereocenters. The molecule has 0 aliphatic rings. The van der Waals surface area contributed by atoms with Gasteiger partial charge in [-0.25, -0.2) is 4.79 Å². The average Bonchev–Trinajstić information content (AvgIpc) is 2.30.